The lowest BCUT2D eigenvalue weighted by Crippen LogP contribution is -2.25. The van der Waals surface area contributed by atoms with Gasteiger partial charge in [0.05, 0.1) is 6.42 Å². The molecular formula is C21H17FO3. The van der Waals surface area contributed by atoms with Crippen LogP contribution in [0.15, 0.2) is 66.7 Å². The predicted molar refractivity (Wildman–Crippen MR) is 93.9 cm³/mol. The van der Waals surface area contributed by atoms with E-state index in [9.17, 15) is 14.0 Å². The summed E-state index contributed by atoms with van der Waals surface area (Å²) < 4.78 is 18.1. The summed E-state index contributed by atoms with van der Waals surface area (Å²) in [5, 5.41) is 2.14. The molecule has 126 valence electrons. The first-order valence-electron chi connectivity index (χ1n) is 8.00. The standard InChI is InChI=1S/C21H17FO3/c1-14(21(24)17-8-10-19(22)11-9-17)25-20(23)13-15-6-7-16-4-2-3-5-18(16)12-15/h2-12,14H,13H2,1H3/t14-/m0/s1. The summed E-state index contributed by atoms with van der Waals surface area (Å²) in [6, 6.07) is 18.8. The van der Waals surface area contributed by atoms with Gasteiger partial charge in [-0.3, -0.25) is 9.59 Å². The van der Waals surface area contributed by atoms with Gasteiger partial charge in [0.15, 0.2) is 6.10 Å². The minimum absolute atomic E-state index is 0.0892. The molecule has 0 aliphatic carbocycles. The number of halogens is 1. The summed E-state index contributed by atoms with van der Waals surface area (Å²) in [6.45, 7) is 1.52. The Morgan fingerprint density at radius 2 is 1.64 bits per heavy atom. The van der Waals surface area contributed by atoms with Crippen LogP contribution in [-0.2, 0) is 16.0 Å². The highest BCUT2D eigenvalue weighted by Crippen LogP contribution is 2.16. The molecule has 0 aromatic heterocycles. The van der Waals surface area contributed by atoms with Crippen molar-refractivity contribution in [1.82, 2.24) is 0 Å². The molecule has 0 amide bonds. The Labute approximate surface area is 145 Å². The molecule has 0 spiro atoms. The molecule has 0 heterocycles. The fraction of sp³-hybridized carbons (Fsp3) is 0.143. The number of hydrogen-bond acceptors (Lipinski definition) is 3. The minimum Gasteiger partial charge on any atom is -0.454 e. The van der Waals surface area contributed by atoms with Crippen LogP contribution in [0, 0.1) is 5.82 Å². The fourth-order valence-corrected chi connectivity index (χ4v) is 2.66. The van der Waals surface area contributed by atoms with E-state index in [2.05, 4.69) is 0 Å². The van der Waals surface area contributed by atoms with Crippen molar-refractivity contribution in [2.45, 2.75) is 19.4 Å². The van der Waals surface area contributed by atoms with Gasteiger partial charge in [-0.2, -0.15) is 0 Å². The van der Waals surface area contributed by atoms with Crippen molar-refractivity contribution in [2.75, 3.05) is 0 Å². The maximum absolute atomic E-state index is 12.9. The number of ketones is 1. The Hall–Kier alpha value is -3.01. The van der Waals surface area contributed by atoms with Crippen molar-refractivity contribution in [2.24, 2.45) is 0 Å². The van der Waals surface area contributed by atoms with E-state index in [1.54, 1.807) is 0 Å². The third kappa shape index (κ3) is 4.10. The molecule has 0 bridgehead atoms. The van der Waals surface area contributed by atoms with Crippen molar-refractivity contribution in [3.63, 3.8) is 0 Å². The summed E-state index contributed by atoms with van der Waals surface area (Å²) in [5.74, 6) is -1.25. The molecule has 3 rings (SSSR count). The number of esters is 1. The van der Waals surface area contributed by atoms with Crippen LogP contribution >= 0.6 is 0 Å². The van der Waals surface area contributed by atoms with Crippen molar-refractivity contribution in [3.8, 4) is 0 Å². The molecule has 0 radical (unpaired) electrons. The molecule has 0 unspecified atom stereocenters. The van der Waals surface area contributed by atoms with Crippen LogP contribution in [0.1, 0.15) is 22.8 Å². The summed E-state index contributed by atoms with van der Waals surface area (Å²) in [7, 11) is 0. The van der Waals surface area contributed by atoms with E-state index < -0.39 is 17.9 Å². The topological polar surface area (TPSA) is 43.4 Å². The average Bonchev–Trinajstić information content (AvgIpc) is 2.61. The zero-order valence-electron chi connectivity index (χ0n) is 13.7. The van der Waals surface area contributed by atoms with E-state index in [4.69, 9.17) is 4.74 Å². The highest BCUT2D eigenvalue weighted by atomic mass is 19.1. The summed E-state index contributed by atoms with van der Waals surface area (Å²) >= 11 is 0. The number of carbonyl (C=O) groups excluding carboxylic acids is 2. The third-order valence-corrected chi connectivity index (χ3v) is 3.97. The zero-order chi connectivity index (χ0) is 17.8. The number of hydrogen-bond donors (Lipinski definition) is 0. The highest BCUT2D eigenvalue weighted by Gasteiger charge is 2.19. The van der Waals surface area contributed by atoms with E-state index in [1.807, 2.05) is 42.5 Å². The Morgan fingerprint density at radius 1 is 0.960 bits per heavy atom. The molecule has 25 heavy (non-hydrogen) atoms. The third-order valence-electron chi connectivity index (χ3n) is 3.97. The molecule has 0 saturated heterocycles. The zero-order valence-corrected chi connectivity index (χ0v) is 13.7. The Balaban J connectivity index is 1.64. The lowest BCUT2D eigenvalue weighted by Gasteiger charge is -2.12. The number of fused-ring (bicyclic) bond motifs is 1. The van der Waals surface area contributed by atoms with Gasteiger partial charge in [-0.05, 0) is 47.5 Å². The number of rotatable bonds is 5. The molecule has 0 aliphatic rings. The molecular weight excluding hydrogens is 319 g/mol. The molecule has 0 fully saturated rings. The van der Waals surface area contributed by atoms with Gasteiger partial charge in [0.2, 0.25) is 5.78 Å². The second-order valence-electron chi connectivity index (χ2n) is 5.86. The Morgan fingerprint density at radius 3 is 2.36 bits per heavy atom. The van der Waals surface area contributed by atoms with Gasteiger partial charge in [0, 0.05) is 5.56 Å². The molecule has 3 aromatic rings. The van der Waals surface area contributed by atoms with Crippen LogP contribution in [0.25, 0.3) is 10.8 Å². The molecule has 3 nitrogen and oxygen atoms in total. The van der Waals surface area contributed by atoms with Crippen LogP contribution in [0.5, 0.6) is 0 Å². The van der Waals surface area contributed by atoms with Gasteiger partial charge in [0.1, 0.15) is 5.82 Å². The number of ether oxygens (including phenoxy) is 1. The first-order chi connectivity index (χ1) is 12.0. The average molecular weight is 336 g/mol. The quantitative estimate of drug-likeness (QED) is 0.514. The van der Waals surface area contributed by atoms with Crippen molar-refractivity contribution in [1.29, 1.82) is 0 Å². The molecule has 0 aliphatic heterocycles. The number of Topliss-reactive ketones (excluding diaryl/α,β-unsaturated/α-hetero) is 1. The second-order valence-corrected chi connectivity index (χ2v) is 5.86. The maximum atomic E-state index is 12.9. The van der Waals surface area contributed by atoms with E-state index in [-0.39, 0.29) is 12.2 Å². The van der Waals surface area contributed by atoms with Crippen LogP contribution < -0.4 is 0 Å². The molecule has 0 N–H and O–H groups in total. The van der Waals surface area contributed by atoms with E-state index in [0.29, 0.717) is 5.56 Å². The maximum Gasteiger partial charge on any atom is 0.310 e. The first-order valence-corrected chi connectivity index (χ1v) is 8.00. The molecule has 1 atom stereocenters. The normalized spacial score (nSPS) is 11.9. The van der Waals surface area contributed by atoms with Crippen LogP contribution in [0.3, 0.4) is 0 Å². The molecule has 0 saturated carbocycles. The lowest BCUT2D eigenvalue weighted by atomic mass is 10.0. The van der Waals surface area contributed by atoms with E-state index >= 15 is 0 Å². The van der Waals surface area contributed by atoms with Crippen LogP contribution in [0.4, 0.5) is 4.39 Å². The van der Waals surface area contributed by atoms with Gasteiger partial charge in [-0.1, -0.05) is 42.5 Å². The summed E-state index contributed by atoms with van der Waals surface area (Å²) in [5.41, 5.74) is 1.14. The predicted octanol–water partition coefficient (Wildman–Crippen LogP) is 4.34. The lowest BCUT2D eigenvalue weighted by molar-refractivity contribution is -0.145. The minimum atomic E-state index is -0.918. The first kappa shape index (κ1) is 16.8. The highest BCUT2D eigenvalue weighted by molar-refractivity contribution is 6.00. The van der Waals surface area contributed by atoms with E-state index in [1.165, 1.54) is 31.2 Å². The Kier molecular flexibility index (Phi) is 4.89. The van der Waals surface area contributed by atoms with Gasteiger partial charge in [0.25, 0.3) is 0 Å². The van der Waals surface area contributed by atoms with Crippen LogP contribution in [-0.4, -0.2) is 17.9 Å². The monoisotopic (exact) mass is 336 g/mol. The fourth-order valence-electron chi connectivity index (χ4n) is 2.66. The summed E-state index contributed by atoms with van der Waals surface area (Å²) in [4.78, 5) is 24.3. The smallest absolute Gasteiger partial charge is 0.310 e. The van der Waals surface area contributed by atoms with Crippen molar-refractivity contribution < 1.29 is 18.7 Å². The van der Waals surface area contributed by atoms with Gasteiger partial charge >= 0.3 is 5.97 Å². The van der Waals surface area contributed by atoms with Crippen molar-refractivity contribution >= 4 is 22.5 Å². The largest absolute Gasteiger partial charge is 0.454 e. The molecule has 3 aromatic carbocycles. The Bertz CT molecular complexity index is 916. The SMILES string of the molecule is C[C@H](OC(=O)Cc1ccc2ccccc2c1)C(=O)c1ccc(F)cc1. The van der Waals surface area contributed by atoms with Crippen molar-refractivity contribution in [3.05, 3.63) is 83.7 Å². The van der Waals surface area contributed by atoms with Crippen LogP contribution in [0.2, 0.25) is 0 Å². The van der Waals surface area contributed by atoms with Gasteiger partial charge in [-0.25, -0.2) is 4.39 Å². The second kappa shape index (κ2) is 7.26. The summed E-state index contributed by atoms with van der Waals surface area (Å²) in [6.07, 6.45) is -0.829. The number of carbonyl (C=O) groups is 2. The van der Waals surface area contributed by atoms with Gasteiger partial charge in [-0.15, -0.1) is 0 Å². The van der Waals surface area contributed by atoms with E-state index in [0.717, 1.165) is 16.3 Å². The van der Waals surface area contributed by atoms with Gasteiger partial charge < -0.3 is 4.74 Å². The molecule has 4 heteroatoms. The number of benzene rings is 3.